The smallest absolute Gasteiger partial charge is 0.211 e. The molecule has 1 N–H and O–H groups in total. The van der Waals surface area contributed by atoms with Gasteiger partial charge in [0.2, 0.25) is 10.0 Å². The van der Waals surface area contributed by atoms with Crippen LogP contribution in [0.5, 0.6) is 0 Å². The van der Waals surface area contributed by atoms with Crippen LogP contribution in [0.2, 0.25) is 0 Å². The predicted octanol–water partition coefficient (Wildman–Crippen LogP) is -0.351. The van der Waals surface area contributed by atoms with Crippen molar-refractivity contribution in [3.8, 4) is 0 Å². The molecule has 2 atom stereocenters. The highest BCUT2D eigenvalue weighted by molar-refractivity contribution is 7.88. The molecule has 0 aromatic carbocycles. The van der Waals surface area contributed by atoms with Crippen LogP contribution in [0.4, 0.5) is 0 Å². The molecule has 1 saturated heterocycles. The van der Waals surface area contributed by atoms with Gasteiger partial charge in [-0.2, -0.15) is 4.31 Å². The monoisotopic (exact) mass is 193 g/mol. The summed E-state index contributed by atoms with van der Waals surface area (Å²) in [5, 5.41) is 9.41. The minimum Gasteiger partial charge on any atom is -0.391 e. The maximum Gasteiger partial charge on any atom is 0.211 e. The number of sulfonamides is 1. The fourth-order valence-corrected chi connectivity index (χ4v) is 2.18. The lowest BCUT2D eigenvalue weighted by Crippen LogP contribution is -2.45. The molecular formula is C7H15NO3S. The first-order chi connectivity index (χ1) is 5.41. The summed E-state index contributed by atoms with van der Waals surface area (Å²) in [7, 11) is -3.11. The fourth-order valence-electron chi connectivity index (χ4n) is 1.32. The van der Waals surface area contributed by atoms with Crippen molar-refractivity contribution < 1.29 is 13.5 Å². The lowest BCUT2D eigenvalue weighted by molar-refractivity contribution is 0.0608. The van der Waals surface area contributed by atoms with E-state index >= 15 is 0 Å². The van der Waals surface area contributed by atoms with Crippen molar-refractivity contribution >= 4 is 10.0 Å². The van der Waals surface area contributed by atoms with Crippen molar-refractivity contribution in [2.75, 3.05) is 19.3 Å². The average Bonchev–Trinajstić information content (AvgIpc) is 1.92. The summed E-state index contributed by atoms with van der Waals surface area (Å²) >= 11 is 0. The molecule has 12 heavy (non-hydrogen) atoms. The van der Waals surface area contributed by atoms with Crippen molar-refractivity contribution in [3.63, 3.8) is 0 Å². The van der Waals surface area contributed by atoms with Gasteiger partial charge in [-0.1, -0.05) is 6.92 Å². The van der Waals surface area contributed by atoms with E-state index in [0.717, 1.165) is 6.42 Å². The first kappa shape index (κ1) is 9.95. The van der Waals surface area contributed by atoms with Crippen LogP contribution in [0.1, 0.15) is 13.3 Å². The molecule has 72 valence electrons. The largest absolute Gasteiger partial charge is 0.391 e. The number of hydrogen-bond acceptors (Lipinski definition) is 3. The molecule has 1 rings (SSSR count). The summed E-state index contributed by atoms with van der Waals surface area (Å²) in [6, 6.07) is 0. The van der Waals surface area contributed by atoms with Crippen molar-refractivity contribution in [1.82, 2.24) is 4.31 Å². The van der Waals surface area contributed by atoms with Gasteiger partial charge in [0.15, 0.2) is 0 Å². The first-order valence-electron chi connectivity index (χ1n) is 4.04. The normalized spacial score (nSPS) is 33.6. The Hall–Kier alpha value is -0.130. The van der Waals surface area contributed by atoms with Crippen LogP contribution < -0.4 is 0 Å². The number of aliphatic hydroxyl groups excluding tert-OH is 1. The Balaban J connectivity index is 2.64. The second-order valence-corrected chi connectivity index (χ2v) is 5.44. The third kappa shape index (κ3) is 2.18. The highest BCUT2D eigenvalue weighted by atomic mass is 32.2. The Morgan fingerprint density at radius 3 is 2.50 bits per heavy atom. The molecule has 1 aliphatic rings. The Labute approximate surface area is 73.2 Å². The molecule has 0 aliphatic carbocycles. The van der Waals surface area contributed by atoms with Gasteiger partial charge >= 0.3 is 0 Å². The van der Waals surface area contributed by atoms with Crippen molar-refractivity contribution in [3.05, 3.63) is 0 Å². The molecule has 1 aliphatic heterocycles. The van der Waals surface area contributed by atoms with Gasteiger partial charge in [-0.3, -0.25) is 0 Å². The van der Waals surface area contributed by atoms with Gasteiger partial charge < -0.3 is 5.11 Å². The summed E-state index contributed by atoms with van der Waals surface area (Å²) in [6.07, 6.45) is 1.41. The van der Waals surface area contributed by atoms with E-state index in [4.69, 9.17) is 0 Å². The van der Waals surface area contributed by atoms with Gasteiger partial charge in [0, 0.05) is 13.1 Å². The van der Waals surface area contributed by atoms with Gasteiger partial charge in [-0.25, -0.2) is 8.42 Å². The lowest BCUT2D eigenvalue weighted by atomic mass is 9.98. The topological polar surface area (TPSA) is 57.6 Å². The van der Waals surface area contributed by atoms with Crippen LogP contribution in [0.15, 0.2) is 0 Å². The van der Waals surface area contributed by atoms with E-state index in [9.17, 15) is 13.5 Å². The van der Waals surface area contributed by atoms with Crippen molar-refractivity contribution in [2.24, 2.45) is 5.92 Å². The van der Waals surface area contributed by atoms with E-state index in [2.05, 4.69) is 0 Å². The molecule has 0 radical (unpaired) electrons. The second kappa shape index (κ2) is 3.32. The Morgan fingerprint density at radius 2 is 2.08 bits per heavy atom. The van der Waals surface area contributed by atoms with Gasteiger partial charge in [-0.05, 0) is 12.3 Å². The molecule has 0 spiro atoms. The van der Waals surface area contributed by atoms with Gasteiger partial charge in [0.25, 0.3) is 0 Å². The third-order valence-electron chi connectivity index (χ3n) is 2.35. The summed E-state index contributed by atoms with van der Waals surface area (Å²) in [5.74, 6) is 0.211. The average molecular weight is 193 g/mol. The summed E-state index contributed by atoms with van der Waals surface area (Å²) in [4.78, 5) is 0. The van der Waals surface area contributed by atoms with Gasteiger partial charge in [0.05, 0.1) is 12.4 Å². The molecule has 4 nitrogen and oxygen atoms in total. The van der Waals surface area contributed by atoms with E-state index in [1.807, 2.05) is 6.92 Å². The van der Waals surface area contributed by atoms with Gasteiger partial charge in [-0.15, -0.1) is 0 Å². The van der Waals surface area contributed by atoms with E-state index < -0.39 is 16.1 Å². The van der Waals surface area contributed by atoms with Crippen LogP contribution >= 0.6 is 0 Å². The molecule has 0 aromatic rings. The molecule has 1 heterocycles. The fraction of sp³-hybridized carbons (Fsp3) is 1.00. The third-order valence-corrected chi connectivity index (χ3v) is 3.62. The molecule has 0 amide bonds. The maximum atomic E-state index is 11.1. The number of rotatable bonds is 1. The molecule has 0 bridgehead atoms. The maximum absolute atomic E-state index is 11.1. The lowest BCUT2D eigenvalue weighted by Gasteiger charge is -2.32. The highest BCUT2D eigenvalue weighted by Crippen LogP contribution is 2.18. The Bertz CT molecular complexity index is 249. The number of aliphatic hydroxyl groups is 1. The standard InChI is InChI=1S/C7H15NO3S/c1-6-3-4-8(5-7(6)9)12(2,10)11/h6-7,9H,3-5H2,1-2H3/t6-,7-/m1/s1. The predicted molar refractivity (Wildman–Crippen MR) is 46.2 cm³/mol. The van der Waals surface area contributed by atoms with Crippen LogP contribution in [0, 0.1) is 5.92 Å². The van der Waals surface area contributed by atoms with E-state index in [1.54, 1.807) is 0 Å². The number of β-amino-alcohol motifs (C(OH)–C–C–N with tert-alkyl or cyclic N) is 1. The van der Waals surface area contributed by atoms with Crippen LogP contribution in [-0.4, -0.2) is 43.3 Å². The highest BCUT2D eigenvalue weighted by Gasteiger charge is 2.28. The van der Waals surface area contributed by atoms with Gasteiger partial charge in [0.1, 0.15) is 0 Å². The van der Waals surface area contributed by atoms with E-state index in [0.29, 0.717) is 6.54 Å². The molecule has 0 unspecified atom stereocenters. The summed E-state index contributed by atoms with van der Waals surface area (Å²) < 4.78 is 23.4. The zero-order chi connectivity index (χ0) is 9.35. The molecule has 5 heteroatoms. The van der Waals surface area contributed by atoms with Crippen molar-refractivity contribution in [1.29, 1.82) is 0 Å². The molecule has 0 aromatic heterocycles. The van der Waals surface area contributed by atoms with Crippen molar-refractivity contribution in [2.45, 2.75) is 19.4 Å². The Kier molecular flexibility index (Phi) is 2.75. The quantitative estimate of drug-likeness (QED) is 0.619. The molecule has 0 saturated carbocycles. The minimum absolute atomic E-state index is 0.211. The minimum atomic E-state index is -3.11. The van der Waals surface area contributed by atoms with E-state index in [1.165, 1.54) is 10.6 Å². The molecule has 1 fully saturated rings. The summed E-state index contributed by atoms with van der Waals surface area (Å²) in [6.45, 7) is 2.72. The van der Waals surface area contributed by atoms with Crippen LogP contribution in [-0.2, 0) is 10.0 Å². The number of hydrogen-bond donors (Lipinski definition) is 1. The summed E-state index contributed by atoms with van der Waals surface area (Å²) in [5.41, 5.74) is 0. The van der Waals surface area contributed by atoms with E-state index in [-0.39, 0.29) is 12.5 Å². The zero-order valence-electron chi connectivity index (χ0n) is 7.40. The second-order valence-electron chi connectivity index (χ2n) is 3.45. The van der Waals surface area contributed by atoms with Crippen LogP contribution in [0.3, 0.4) is 0 Å². The zero-order valence-corrected chi connectivity index (χ0v) is 8.21. The van der Waals surface area contributed by atoms with Crippen LogP contribution in [0.25, 0.3) is 0 Å². The number of piperidine rings is 1. The molecular weight excluding hydrogens is 178 g/mol. The Morgan fingerprint density at radius 1 is 1.50 bits per heavy atom. The SMILES string of the molecule is C[C@@H]1CCN(S(C)(=O)=O)C[C@H]1O. The number of nitrogens with zero attached hydrogens (tertiary/aromatic N) is 1. The first-order valence-corrected chi connectivity index (χ1v) is 5.89.